The van der Waals surface area contributed by atoms with Gasteiger partial charge in [0.2, 0.25) is 0 Å². The molecule has 132 valence electrons. The summed E-state index contributed by atoms with van der Waals surface area (Å²) >= 11 is 0. The second kappa shape index (κ2) is 7.66. The van der Waals surface area contributed by atoms with Gasteiger partial charge in [-0.05, 0) is 24.3 Å². The second-order valence-electron chi connectivity index (χ2n) is 6.23. The molecular formula is C20H25N3O2. The van der Waals surface area contributed by atoms with Gasteiger partial charge in [0.1, 0.15) is 5.75 Å². The Morgan fingerprint density at radius 1 is 0.960 bits per heavy atom. The van der Waals surface area contributed by atoms with Crippen LogP contribution in [0.3, 0.4) is 0 Å². The number of unbranched alkanes of at least 4 members (excludes halogenated alkanes) is 2. The first kappa shape index (κ1) is 17.4. The number of benzene rings is 2. The zero-order valence-corrected chi connectivity index (χ0v) is 14.9. The molecule has 0 unspecified atom stereocenters. The van der Waals surface area contributed by atoms with E-state index < -0.39 is 0 Å². The molecule has 0 saturated heterocycles. The summed E-state index contributed by atoms with van der Waals surface area (Å²) in [7, 11) is 0. The van der Waals surface area contributed by atoms with Crippen molar-refractivity contribution in [2.75, 3.05) is 13.2 Å². The van der Waals surface area contributed by atoms with Crippen molar-refractivity contribution in [3.8, 4) is 5.75 Å². The normalized spacial score (nSPS) is 13.6. The number of ether oxygens (including phenoxy) is 1. The smallest absolute Gasteiger partial charge is 0.164 e. The van der Waals surface area contributed by atoms with Crippen LogP contribution in [0.5, 0.6) is 5.75 Å². The molecule has 2 aromatic rings. The van der Waals surface area contributed by atoms with E-state index in [1.165, 1.54) is 5.06 Å². The van der Waals surface area contributed by atoms with Crippen molar-refractivity contribution in [3.05, 3.63) is 41.5 Å². The summed E-state index contributed by atoms with van der Waals surface area (Å²) in [5.41, 5.74) is 1.36. The molecule has 0 atom stereocenters. The molecule has 0 spiro atoms. The molecule has 0 saturated carbocycles. The van der Waals surface area contributed by atoms with Crippen LogP contribution in [0.1, 0.15) is 50.7 Å². The third kappa shape index (κ3) is 3.24. The van der Waals surface area contributed by atoms with Gasteiger partial charge in [-0.1, -0.05) is 51.0 Å². The van der Waals surface area contributed by atoms with E-state index in [2.05, 4.69) is 13.8 Å². The van der Waals surface area contributed by atoms with Gasteiger partial charge in [-0.2, -0.15) is 5.06 Å². The van der Waals surface area contributed by atoms with Crippen molar-refractivity contribution in [3.63, 3.8) is 0 Å². The lowest BCUT2D eigenvalue weighted by atomic mass is 10.0. The van der Waals surface area contributed by atoms with Crippen molar-refractivity contribution in [1.82, 2.24) is 5.06 Å². The van der Waals surface area contributed by atoms with Gasteiger partial charge in [0.25, 0.3) is 0 Å². The first-order chi connectivity index (χ1) is 12.2. The Labute approximate surface area is 148 Å². The molecule has 2 aromatic carbocycles. The quantitative estimate of drug-likeness (QED) is 0.684. The number of fused-ring (bicyclic) bond motifs is 2. The molecular weight excluding hydrogens is 314 g/mol. The van der Waals surface area contributed by atoms with E-state index in [0.29, 0.717) is 30.1 Å². The molecule has 0 aliphatic carbocycles. The fourth-order valence-corrected chi connectivity index (χ4v) is 2.96. The first-order valence-corrected chi connectivity index (χ1v) is 8.98. The van der Waals surface area contributed by atoms with Crippen LogP contribution >= 0.6 is 0 Å². The average Bonchev–Trinajstić information content (AvgIpc) is 2.86. The Bertz CT molecular complexity index is 801. The number of hydroxylamine groups is 2. The van der Waals surface area contributed by atoms with Crippen molar-refractivity contribution >= 4 is 22.4 Å². The van der Waals surface area contributed by atoms with Crippen molar-refractivity contribution in [2.45, 2.75) is 39.5 Å². The molecule has 25 heavy (non-hydrogen) atoms. The minimum absolute atomic E-state index is 0.188. The largest absolute Gasteiger partial charge is 0.492 e. The maximum absolute atomic E-state index is 8.53. The van der Waals surface area contributed by atoms with Gasteiger partial charge in [-0.3, -0.25) is 15.7 Å². The minimum Gasteiger partial charge on any atom is -0.492 e. The van der Waals surface area contributed by atoms with Crippen molar-refractivity contribution < 1.29 is 9.57 Å². The Balaban J connectivity index is 2.03. The number of nitrogens with one attached hydrogen (secondary N) is 2. The fourth-order valence-electron chi connectivity index (χ4n) is 2.96. The highest BCUT2D eigenvalue weighted by atomic mass is 16.7. The molecule has 1 aliphatic heterocycles. The van der Waals surface area contributed by atoms with E-state index in [9.17, 15) is 0 Å². The summed E-state index contributed by atoms with van der Waals surface area (Å²) in [4.78, 5) is 5.69. The first-order valence-electron chi connectivity index (χ1n) is 8.98. The van der Waals surface area contributed by atoms with Gasteiger partial charge in [0, 0.05) is 10.9 Å². The molecule has 1 heterocycles. The number of hydrogen-bond acceptors (Lipinski definition) is 4. The molecule has 0 fully saturated rings. The summed E-state index contributed by atoms with van der Waals surface area (Å²) in [6.07, 6.45) is 3.91. The number of nitrogens with zero attached hydrogens (tertiary/aromatic N) is 1. The van der Waals surface area contributed by atoms with Crippen LogP contribution in [-0.2, 0) is 4.84 Å². The monoisotopic (exact) mass is 339 g/mol. The van der Waals surface area contributed by atoms with Crippen molar-refractivity contribution in [1.29, 1.82) is 10.8 Å². The van der Waals surface area contributed by atoms with Crippen LogP contribution in [0.2, 0.25) is 0 Å². The van der Waals surface area contributed by atoms with Crippen LogP contribution < -0.4 is 4.74 Å². The third-order valence-electron chi connectivity index (χ3n) is 4.36. The summed E-state index contributed by atoms with van der Waals surface area (Å²) < 4.78 is 6.08. The summed E-state index contributed by atoms with van der Waals surface area (Å²) in [5, 5.41) is 20.3. The molecule has 0 bridgehead atoms. The van der Waals surface area contributed by atoms with Crippen LogP contribution in [-0.4, -0.2) is 29.9 Å². The number of rotatable bonds is 8. The lowest BCUT2D eigenvalue weighted by Gasteiger charge is -2.17. The Morgan fingerprint density at radius 2 is 1.68 bits per heavy atom. The molecule has 3 rings (SSSR count). The van der Waals surface area contributed by atoms with Gasteiger partial charge in [0.05, 0.1) is 18.8 Å². The Kier molecular flexibility index (Phi) is 5.34. The third-order valence-corrected chi connectivity index (χ3v) is 4.36. The standard InChI is InChI=1S/C20H25N3O2/c1-3-5-11-24-18-15-10-8-7-9-14(15)13-16-17(18)20(22)23(19(16)21)25-12-6-4-2/h7-10,13,21-22H,3-6,11-12H2,1-2H3. The molecule has 2 N–H and O–H groups in total. The van der Waals surface area contributed by atoms with E-state index >= 15 is 0 Å². The predicted octanol–water partition coefficient (Wildman–Crippen LogP) is 4.72. The number of hydrogen-bond donors (Lipinski definition) is 2. The van der Waals surface area contributed by atoms with Gasteiger partial charge >= 0.3 is 0 Å². The van der Waals surface area contributed by atoms with Gasteiger partial charge in [0.15, 0.2) is 11.7 Å². The molecule has 5 nitrogen and oxygen atoms in total. The second-order valence-corrected chi connectivity index (χ2v) is 6.23. The highest BCUT2D eigenvalue weighted by Crippen LogP contribution is 2.38. The molecule has 0 radical (unpaired) electrons. The van der Waals surface area contributed by atoms with Gasteiger partial charge in [-0.25, -0.2) is 0 Å². The summed E-state index contributed by atoms with van der Waals surface area (Å²) in [5.74, 6) is 1.09. The summed E-state index contributed by atoms with van der Waals surface area (Å²) in [6, 6.07) is 9.93. The molecule has 1 aliphatic rings. The number of amidine groups is 2. The highest BCUT2D eigenvalue weighted by Gasteiger charge is 2.35. The topological polar surface area (TPSA) is 69.4 Å². The van der Waals surface area contributed by atoms with E-state index in [0.717, 1.165) is 36.5 Å². The van der Waals surface area contributed by atoms with Gasteiger partial charge < -0.3 is 4.74 Å². The molecule has 0 aromatic heterocycles. The Morgan fingerprint density at radius 3 is 2.44 bits per heavy atom. The van der Waals surface area contributed by atoms with Crippen LogP contribution in [0.4, 0.5) is 0 Å². The zero-order chi connectivity index (χ0) is 17.8. The average molecular weight is 339 g/mol. The predicted molar refractivity (Wildman–Crippen MR) is 101 cm³/mol. The van der Waals surface area contributed by atoms with Gasteiger partial charge in [-0.15, -0.1) is 0 Å². The van der Waals surface area contributed by atoms with Crippen LogP contribution in [0.25, 0.3) is 10.8 Å². The highest BCUT2D eigenvalue weighted by molar-refractivity contribution is 6.26. The maximum atomic E-state index is 8.53. The molecule has 0 amide bonds. The summed E-state index contributed by atoms with van der Waals surface area (Å²) in [6.45, 7) is 5.32. The minimum atomic E-state index is 0.188. The zero-order valence-electron chi connectivity index (χ0n) is 14.9. The molecule has 5 heteroatoms. The van der Waals surface area contributed by atoms with E-state index in [-0.39, 0.29) is 11.7 Å². The lowest BCUT2D eigenvalue weighted by molar-refractivity contribution is -0.0412. The van der Waals surface area contributed by atoms with Crippen molar-refractivity contribution in [2.24, 2.45) is 0 Å². The van der Waals surface area contributed by atoms with E-state index in [1.54, 1.807) is 0 Å². The van der Waals surface area contributed by atoms with Crippen LogP contribution in [0, 0.1) is 10.8 Å². The fraction of sp³-hybridized carbons (Fsp3) is 0.400. The maximum Gasteiger partial charge on any atom is 0.164 e. The van der Waals surface area contributed by atoms with E-state index in [1.807, 2.05) is 30.3 Å². The lowest BCUT2D eigenvalue weighted by Crippen LogP contribution is -2.30. The Hall–Kier alpha value is -2.40. The van der Waals surface area contributed by atoms with Crippen LogP contribution in [0.15, 0.2) is 30.3 Å². The van der Waals surface area contributed by atoms with E-state index in [4.69, 9.17) is 20.4 Å². The SMILES string of the molecule is CCCCOc1c2c(cc3ccccc13)C(=N)N(OCCCC)C2=N.